The van der Waals surface area contributed by atoms with Crippen LogP contribution in [0.3, 0.4) is 0 Å². The molecule has 136 valence electrons. The smallest absolute Gasteiger partial charge is 0.305 e. The number of ether oxygens (including phenoxy) is 4. The van der Waals surface area contributed by atoms with Gasteiger partial charge in [0.1, 0.15) is 6.61 Å². The number of aliphatic carboxylic acids is 1. The SMILES string of the molecule is CCOC(CCCOCCOC(=O)CCCCC(=O)O)OCC. The van der Waals surface area contributed by atoms with Gasteiger partial charge in [0.2, 0.25) is 0 Å². The van der Waals surface area contributed by atoms with Crippen molar-refractivity contribution in [3.05, 3.63) is 0 Å². The van der Waals surface area contributed by atoms with Crippen LogP contribution in [0, 0.1) is 0 Å². The fourth-order valence-corrected chi connectivity index (χ4v) is 1.87. The Balaban J connectivity index is 3.40. The number of hydrogen-bond donors (Lipinski definition) is 1. The Hall–Kier alpha value is -1.18. The number of unbranched alkanes of at least 4 members (excludes halogenated alkanes) is 1. The molecule has 23 heavy (non-hydrogen) atoms. The number of hydrogen-bond acceptors (Lipinski definition) is 6. The normalized spacial score (nSPS) is 10.9. The molecular weight excluding hydrogens is 304 g/mol. The maximum atomic E-state index is 11.4. The van der Waals surface area contributed by atoms with E-state index < -0.39 is 5.97 Å². The van der Waals surface area contributed by atoms with Crippen LogP contribution in [0.1, 0.15) is 52.4 Å². The molecule has 0 aliphatic rings. The summed E-state index contributed by atoms with van der Waals surface area (Å²) in [5.74, 6) is -1.16. The van der Waals surface area contributed by atoms with Crippen LogP contribution in [-0.2, 0) is 28.5 Å². The summed E-state index contributed by atoms with van der Waals surface area (Å²) in [5, 5.41) is 8.47. The van der Waals surface area contributed by atoms with Crippen LogP contribution in [0.15, 0.2) is 0 Å². The molecule has 7 nitrogen and oxygen atoms in total. The van der Waals surface area contributed by atoms with Crippen molar-refractivity contribution in [1.82, 2.24) is 0 Å². The molecule has 0 saturated carbocycles. The van der Waals surface area contributed by atoms with E-state index in [0.717, 1.165) is 12.8 Å². The van der Waals surface area contributed by atoms with Gasteiger partial charge in [0.15, 0.2) is 6.29 Å². The van der Waals surface area contributed by atoms with Gasteiger partial charge < -0.3 is 24.1 Å². The quantitative estimate of drug-likeness (QED) is 0.263. The highest BCUT2D eigenvalue weighted by Gasteiger charge is 2.07. The van der Waals surface area contributed by atoms with Crippen molar-refractivity contribution >= 4 is 11.9 Å². The predicted molar refractivity (Wildman–Crippen MR) is 84.2 cm³/mol. The standard InChI is InChI=1S/C16H30O7/c1-3-21-16(22-4-2)10-7-11-20-12-13-23-15(19)9-6-5-8-14(17)18/h16H,3-13H2,1-2H3,(H,17,18). The minimum absolute atomic E-state index is 0.0842. The zero-order valence-electron chi connectivity index (χ0n) is 14.3. The molecular formula is C16H30O7. The van der Waals surface area contributed by atoms with Crippen LogP contribution < -0.4 is 0 Å². The first kappa shape index (κ1) is 21.8. The van der Waals surface area contributed by atoms with E-state index in [2.05, 4.69) is 0 Å². The molecule has 0 bridgehead atoms. The molecule has 0 aliphatic heterocycles. The Morgan fingerprint density at radius 1 is 0.913 bits per heavy atom. The number of rotatable bonds is 16. The third-order valence-corrected chi connectivity index (χ3v) is 2.95. The summed E-state index contributed by atoms with van der Waals surface area (Å²) in [6, 6.07) is 0. The lowest BCUT2D eigenvalue weighted by atomic mass is 10.2. The van der Waals surface area contributed by atoms with Crippen molar-refractivity contribution in [2.45, 2.75) is 58.7 Å². The second-order valence-corrected chi connectivity index (χ2v) is 4.92. The topological polar surface area (TPSA) is 91.3 Å². The molecule has 0 spiro atoms. The zero-order chi connectivity index (χ0) is 17.3. The average Bonchev–Trinajstić information content (AvgIpc) is 2.50. The summed E-state index contributed by atoms with van der Waals surface area (Å²) >= 11 is 0. The van der Waals surface area contributed by atoms with Crippen molar-refractivity contribution in [2.75, 3.05) is 33.0 Å². The van der Waals surface area contributed by atoms with Gasteiger partial charge in [-0.15, -0.1) is 0 Å². The third-order valence-electron chi connectivity index (χ3n) is 2.95. The molecule has 0 aromatic rings. The number of carboxylic acids is 1. The fourth-order valence-electron chi connectivity index (χ4n) is 1.87. The summed E-state index contributed by atoms with van der Waals surface area (Å²) < 4.78 is 21.2. The minimum atomic E-state index is -0.845. The van der Waals surface area contributed by atoms with E-state index in [4.69, 9.17) is 24.1 Å². The van der Waals surface area contributed by atoms with E-state index in [1.165, 1.54) is 0 Å². The molecule has 0 fully saturated rings. The second kappa shape index (κ2) is 15.7. The number of carbonyl (C=O) groups excluding carboxylic acids is 1. The Bertz CT molecular complexity index is 301. The second-order valence-electron chi connectivity index (χ2n) is 4.92. The molecule has 7 heteroatoms. The van der Waals surface area contributed by atoms with Gasteiger partial charge in [-0.3, -0.25) is 9.59 Å². The van der Waals surface area contributed by atoms with Gasteiger partial charge >= 0.3 is 11.9 Å². The van der Waals surface area contributed by atoms with Gasteiger partial charge in [-0.2, -0.15) is 0 Å². The molecule has 0 unspecified atom stereocenters. The summed E-state index contributed by atoms with van der Waals surface area (Å²) in [7, 11) is 0. The van der Waals surface area contributed by atoms with E-state index in [0.29, 0.717) is 39.3 Å². The van der Waals surface area contributed by atoms with E-state index in [1.807, 2.05) is 13.8 Å². The summed E-state index contributed by atoms with van der Waals surface area (Å²) in [5.41, 5.74) is 0. The van der Waals surface area contributed by atoms with Crippen molar-refractivity contribution in [1.29, 1.82) is 0 Å². The lowest BCUT2D eigenvalue weighted by molar-refractivity contribution is -0.146. The largest absolute Gasteiger partial charge is 0.481 e. The molecule has 0 aromatic heterocycles. The van der Waals surface area contributed by atoms with Crippen LogP contribution >= 0.6 is 0 Å². The van der Waals surface area contributed by atoms with Crippen LogP contribution in [0.5, 0.6) is 0 Å². The molecule has 0 aliphatic carbocycles. The Kier molecular flexibility index (Phi) is 14.9. The Morgan fingerprint density at radius 3 is 2.17 bits per heavy atom. The Labute approximate surface area is 138 Å². The first-order valence-electron chi connectivity index (χ1n) is 8.28. The number of carbonyl (C=O) groups is 2. The lowest BCUT2D eigenvalue weighted by Crippen LogP contribution is -2.18. The van der Waals surface area contributed by atoms with Crippen LogP contribution in [-0.4, -0.2) is 56.4 Å². The number of esters is 1. The molecule has 0 saturated heterocycles. The van der Waals surface area contributed by atoms with Crippen LogP contribution in [0.25, 0.3) is 0 Å². The van der Waals surface area contributed by atoms with Gasteiger partial charge in [0.05, 0.1) is 6.61 Å². The van der Waals surface area contributed by atoms with Crippen LogP contribution in [0.2, 0.25) is 0 Å². The number of carboxylic acid groups (broad SMARTS) is 1. The van der Waals surface area contributed by atoms with Crippen molar-refractivity contribution < 1.29 is 33.6 Å². The van der Waals surface area contributed by atoms with E-state index >= 15 is 0 Å². The zero-order valence-corrected chi connectivity index (χ0v) is 14.3. The first-order chi connectivity index (χ1) is 11.1. The predicted octanol–water partition coefficient (Wildman–Crippen LogP) is 2.37. The molecule has 1 N–H and O–H groups in total. The molecule has 0 radical (unpaired) electrons. The maximum absolute atomic E-state index is 11.4. The summed E-state index contributed by atoms with van der Waals surface area (Å²) in [4.78, 5) is 21.7. The molecule has 0 amide bonds. The highest BCUT2D eigenvalue weighted by atomic mass is 16.7. The molecule has 0 aromatic carbocycles. The van der Waals surface area contributed by atoms with Gasteiger partial charge in [-0.25, -0.2) is 0 Å². The Morgan fingerprint density at radius 2 is 1.57 bits per heavy atom. The van der Waals surface area contributed by atoms with Crippen molar-refractivity contribution in [3.8, 4) is 0 Å². The van der Waals surface area contributed by atoms with Gasteiger partial charge in [0, 0.05) is 39.1 Å². The van der Waals surface area contributed by atoms with Gasteiger partial charge in [-0.1, -0.05) is 0 Å². The van der Waals surface area contributed by atoms with Gasteiger partial charge in [-0.05, 0) is 33.1 Å². The van der Waals surface area contributed by atoms with Crippen molar-refractivity contribution in [3.63, 3.8) is 0 Å². The average molecular weight is 334 g/mol. The summed E-state index contributed by atoms with van der Waals surface area (Å²) in [6.45, 7) is 6.23. The maximum Gasteiger partial charge on any atom is 0.305 e. The van der Waals surface area contributed by atoms with E-state index in [9.17, 15) is 9.59 Å². The molecule has 0 heterocycles. The van der Waals surface area contributed by atoms with Crippen LogP contribution in [0.4, 0.5) is 0 Å². The van der Waals surface area contributed by atoms with Gasteiger partial charge in [0.25, 0.3) is 0 Å². The van der Waals surface area contributed by atoms with E-state index in [-0.39, 0.29) is 31.7 Å². The highest BCUT2D eigenvalue weighted by Crippen LogP contribution is 2.05. The molecule has 0 atom stereocenters. The fraction of sp³-hybridized carbons (Fsp3) is 0.875. The highest BCUT2D eigenvalue weighted by molar-refractivity contribution is 5.69. The van der Waals surface area contributed by atoms with Crippen molar-refractivity contribution in [2.24, 2.45) is 0 Å². The third kappa shape index (κ3) is 15.5. The minimum Gasteiger partial charge on any atom is -0.481 e. The summed E-state index contributed by atoms with van der Waals surface area (Å²) in [6.07, 6.45) is 2.75. The van der Waals surface area contributed by atoms with E-state index in [1.54, 1.807) is 0 Å². The monoisotopic (exact) mass is 334 g/mol. The first-order valence-corrected chi connectivity index (χ1v) is 8.28. The lowest BCUT2D eigenvalue weighted by Gasteiger charge is -2.16. The molecule has 0 rings (SSSR count).